The fourth-order valence-corrected chi connectivity index (χ4v) is 2.79. The fourth-order valence-electron chi connectivity index (χ4n) is 2.29. The van der Waals surface area contributed by atoms with Gasteiger partial charge in [0.15, 0.2) is 11.4 Å². The molecule has 7 heteroatoms. The monoisotopic (exact) mass is 336 g/mol. The highest BCUT2D eigenvalue weighted by atomic mass is 35.5. The third-order valence-corrected chi connectivity index (χ3v) is 4.31. The Labute approximate surface area is 139 Å². The lowest BCUT2D eigenvalue weighted by atomic mass is 10.1. The van der Waals surface area contributed by atoms with Crippen LogP contribution in [0.1, 0.15) is 29.6 Å². The summed E-state index contributed by atoms with van der Waals surface area (Å²) in [5, 5.41) is 12.0. The Morgan fingerprint density at radius 2 is 2.14 bits per heavy atom. The largest absolute Gasteiger partial charge is 0.339 e. The van der Waals surface area contributed by atoms with E-state index in [9.17, 15) is 4.79 Å². The van der Waals surface area contributed by atoms with E-state index < -0.39 is 0 Å². The summed E-state index contributed by atoms with van der Waals surface area (Å²) < 4.78 is 0. The van der Waals surface area contributed by atoms with Crippen molar-refractivity contribution in [3.63, 3.8) is 0 Å². The summed E-state index contributed by atoms with van der Waals surface area (Å²) >= 11 is 7.44. The quantitative estimate of drug-likeness (QED) is 0.389. The van der Waals surface area contributed by atoms with E-state index in [1.165, 1.54) is 18.2 Å². The minimum absolute atomic E-state index is 0.00626. The van der Waals surface area contributed by atoms with Gasteiger partial charge in [-0.15, -0.1) is 0 Å². The maximum Gasteiger partial charge on any atom is 0.253 e. The van der Waals surface area contributed by atoms with Gasteiger partial charge in [0.25, 0.3) is 5.91 Å². The predicted octanol–water partition coefficient (Wildman–Crippen LogP) is 3.39. The van der Waals surface area contributed by atoms with Crippen molar-refractivity contribution in [2.24, 2.45) is 4.99 Å². The van der Waals surface area contributed by atoms with Gasteiger partial charge in [-0.25, -0.2) is 4.99 Å². The number of hydrogen-bond donors (Lipinski definition) is 1. The molecule has 1 aliphatic heterocycles. The molecule has 1 saturated heterocycles. The maximum absolute atomic E-state index is 12.5. The van der Waals surface area contributed by atoms with E-state index in [1.807, 2.05) is 11.1 Å². The highest BCUT2D eigenvalue weighted by Gasteiger charge is 2.19. The van der Waals surface area contributed by atoms with Gasteiger partial charge < -0.3 is 4.90 Å². The first kappa shape index (κ1) is 16.7. The van der Waals surface area contributed by atoms with E-state index in [0.717, 1.165) is 25.9 Å². The van der Waals surface area contributed by atoms with Crippen LogP contribution in [0.3, 0.4) is 0 Å². The Morgan fingerprint density at radius 3 is 2.77 bits per heavy atom. The highest BCUT2D eigenvalue weighted by Crippen LogP contribution is 2.28. The second-order valence-electron chi connectivity index (χ2n) is 4.88. The van der Waals surface area contributed by atoms with E-state index in [2.05, 4.69) is 10.3 Å². The van der Waals surface area contributed by atoms with Crippen LogP contribution >= 0.6 is 23.4 Å². The predicted molar refractivity (Wildman–Crippen MR) is 90.6 cm³/mol. The number of benzene rings is 1. The van der Waals surface area contributed by atoms with Crippen LogP contribution in [0.25, 0.3) is 0 Å². The molecule has 0 unspecified atom stereocenters. The zero-order chi connectivity index (χ0) is 15.9. The van der Waals surface area contributed by atoms with Gasteiger partial charge >= 0.3 is 0 Å². The molecule has 0 aliphatic carbocycles. The molecule has 116 valence electrons. The van der Waals surface area contributed by atoms with Gasteiger partial charge in [0, 0.05) is 18.7 Å². The van der Waals surface area contributed by atoms with E-state index in [4.69, 9.17) is 16.9 Å². The lowest BCUT2D eigenvalue weighted by Crippen LogP contribution is -2.35. The molecule has 5 nitrogen and oxygen atoms in total. The van der Waals surface area contributed by atoms with Crippen molar-refractivity contribution in [1.82, 2.24) is 10.2 Å². The average Bonchev–Trinajstić information content (AvgIpc) is 2.56. The third kappa shape index (κ3) is 4.15. The molecule has 1 aromatic carbocycles. The van der Waals surface area contributed by atoms with E-state index in [0.29, 0.717) is 21.4 Å². The molecule has 1 heterocycles. The molecule has 2 rings (SSSR count). The highest BCUT2D eigenvalue weighted by molar-refractivity contribution is 8.13. The minimum Gasteiger partial charge on any atom is -0.339 e. The van der Waals surface area contributed by atoms with Crippen LogP contribution in [-0.4, -0.2) is 35.3 Å². The van der Waals surface area contributed by atoms with Crippen LogP contribution in [0.15, 0.2) is 23.2 Å². The Balaban J connectivity index is 2.26. The molecule has 22 heavy (non-hydrogen) atoms. The molecule has 0 atom stereocenters. The summed E-state index contributed by atoms with van der Waals surface area (Å²) in [4.78, 5) is 18.7. The first-order valence-corrected chi connectivity index (χ1v) is 8.62. The van der Waals surface area contributed by atoms with Crippen LogP contribution in [0.2, 0.25) is 5.02 Å². The number of likely N-dealkylation sites (tertiary alicyclic amines) is 1. The maximum atomic E-state index is 12.5. The summed E-state index contributed by atoms with van der Waals surface area (Å²) in [6, 6.07) is 5.06. The molecule has 1 aromatic rings. The number of nitrogens with one attached hydrogen (secondary N) is 1. The molecular weight excluding hydrogens is 320 g/mol. The summed E-state index contributed by atoms with van der Waals surface area (Å²) in [7, 11) is 0. The normalized spacial score (nSPS) is 15.3. The number of carbonyl (C=O) groups excluding carboxylic acids is 1. The van der Waals surface area contributed by atoms with E-state index in [1.54, 1.807) is 24.5 Å². The van der Waals surface area contributed by atoms with Gasteiger partial charge in [-0.3, -0.25) is 10.1 Å². The Kier molecular flexibility index (Phi) is 6.10. The molecule has 0 radical (unpaired) electrons. The number of hydrogen-bond acceptors (Lipinski definition) is 4. The third-order valence-electron chi connectivity index (χ3n) is 3.41. The van der Waals surface area contributed by atoms with Crippen LogP contribution in [0, 0.1) is 11.5 Å². The molecule has 0 bridgehead atoms. The number of carbonyl (C=O) groups is 1. The Bertz CT molecular complexity index is 620. The topological polar surface area (TPSA) is 68.5 Å². The summed E-state index contributed by atoms with van der Waals surface area (Å²) in [6.45, 7) is 1.60. The minimum atomic E-state index is 0.00626. The molecule has 1 N–H and O–H groups in total. The van der Waals surface area contributed by atoms with Crippen LogP contribution in [0.5, 0.6) is 0 Å². The van der Waals surface area contributed by atoms with Crippen LogP contribution in [0.4, 0.5) is 5.69 Å². The standard InChI is InChI=1S/C15H17ClN4OS/c1-22-15(18-10-17)19-13-9-11(5-6-12(13)16)14(21)20-7-3-2-4-8-20/h5-6,9H,2-4,7-8H2,1H3,(H,18,19). The number of thioether (sulfide) groups is 1. The van der Waals surface area contributed by atoms with Gasteiger partial charge in [0.05, 0.1) is 10.7 Å². The first-order valence-electron chi connectivity index (χ1n) is 7.02. The molecule has 0 aromatic heterocycles. The van der Waals surface area contributed by atoms with Gasteiger partial charge in [-0.1, -0.05) is 23.4 Å². The van der Waals surface area contributed by atoms with Crippen molar-refractivity contribution in [1.29, 1.82) is 5.26 Å². The van der Waals surface area contributed by atoms with Crippen molar-refractivity contribution in [3.8, 4) is 6.19 Å². The number of nitriles is 1. The molecule has 0 saturated carbocycles. The molecule has 1 fully saturated rings. The molecular formula is C15H17ClN4OS. The fraction of sp³-hybridized carbons (Fsp3) is 0.400. The van der Waals surface area contributed by atoms with E-state index >= 15 is 0 Å². The first-order chi connectivity index (χ1) is 10.7. The smallest absolute Gasteiger partial charge is 0.253 e. The van der Waals surface area contributed by atoms with E-state index in [-0.39, 0.29) is 5.91 Å². The second-order valence-corrected chi connectivity index (χ2v) is 6.08. The number of aliphatic imine (C=N–C) groups is 1. The number of amidine groups is 1. The Hall–Kier alpha value is -1.71. The SMILES string of the molecule is CSC(=Nc1cc(C(=O)N2CCCCC2)ccc1Cl)NC#N. The van der Waals surface area contributed by atoms with Gasteiger partial charge in [-0.05, 0) is 43.7 Å². The Morgan fingerprint density at radius 1 is 1.41 bits per heavy atom. The molecule has 1 amide bonds. The van der Waals surface area contributed by atoms with Crippen LogP contribution < -0.4 is 5.32 Å². The number of amides is 1. The number of rotatable bonds is 2. The van der Waals surface area contributed by atoms with Crippen molar-refractivity contribution >= 4 is 40.1 Å². The average molecular weight is 337 g/mol. The molecule has 1 aliphatic rings. The van der Waals surface area contributed by atoms with Crippen molar-refractivity contribution in [2.75, 3.05) is 19.3 Å². The number of halogens is 1. The zero-order valence-electron chi connectivity index (χ0n) is 12.3. The number of piperidine rings is 1. The van der Waals surface area contributed by atoms with Gasteiger partial charge in [0.2, 0.25) is 0 Å². The summed E-state index contributed by atoms with van der Waals surface area (Å²) in [5.41, 5.74) is 1.05. The lowest BCUT2D eigenvalue weighted by molar-refractivity contribution is 0.0724. The second kappa shape index (κ2) is 8.06. The van der Waals surface area contributed by atoms with Gasteiger partial charge in [-0.2, -0.15) is 5.26 Å². The van der Waals surface area contributed by atoms with Crippen LogP contribution in [-0.2, 0) is 0 Å². The van der Waals surface area contributed by atoms with Gasteiger partial charge in [0.1, 0.15) is 0 Å². The summed E-state index contributed by atoms with van der Waals surface area (Å²) in [6.07, 6.45) is 6.91. The number of nitrogens with zero attached hydrogens (tertiary/aromatic N) is 3. The zero-order valence-corrected chi connectivity index (χ0v) is 13.9. The van der Waals surface area contributed by atoms with Crippen molar-refractivity contribution in [2.45, 2.75) is 19.3 Å². The lowest BCUT2D eigenvalue weighted by Gasteiger charge is -2.26. The summed E-state index contributed by atoms with van der Waals surface area (Å²) in [5.74, 6) is 0.00626. The molecule has 0 spiro atoms. The van der Waals surface area contributed by atoms with Crippen molar-refractivity contribution in [3.05, 3.63) is 28.8 Å². The van der Waals surface area contributed by atoms with Crippen molar-refractivity contribution < 1.29 is 4.79 Å².